The second-order valence-electron chi connectivity index (χ2n) is 5.98. The Hall–Kier alpha value is -3.23. The van der Waals surface area contributed by atoms with Gasteiger partial charge in [-0.2, -0.15) is 18.0 Å². The van der Waals surface area contributed by atoms with Gasteiger partial charge in [-0.15, -0.1) is 10.2 Å². The Kier molecular flexibility index (Phi) is 5.72. The first-order valence-corrected chi connectivity index (χ1v) is 8.54. The number of nitrogens with zero attached hydrogens (tertiary/aromatic N) is 4. The zero-order valence-electron chi connectivity index (χ0n) is 15.0. The Morgan fingerprint density at radius 2 is 1.82 bits per heavy atom. The summed E-state index contributed by atoms with van der Waals surface area (Å²) in [6.07, 6.45) is -3.96. The topological polar surface area (TPSA) is 69.9 Å². The summed E-state index contributed by atoms with van der Waals surface area (Å²) in [4.78, 5) is 12.7. The molecule has 0 saturated heterocycles. The zero-order chi connectivity index (χ0) is 20.1. The molecule has 28 heavy (non-hydrogen) atoms. The van der Waals surface area contributed by atoms with Gasteiger partial charge in [0.25, 0.3) is 0 Å². The number of hydrogen-bond donors (Lipinski definition) is 0. The molecule has 0 N–H and O–H groups in total. The second kappa shape index (κ2) is 8.20. The summed E-state index contributed by atoms with van der Waals surface area (Å²) < 4.78 is 43.0. The molecular weight excluding hydrogens is 373 g/mol. The van der Waals surface area contributed by atoms with Crippen LogP contribution in [0.5, 0.6) is 0 Å². The number of benzene rings is 2. The van der Waals surface area contributed by atoms with Crippen LogP contribution < -0.4 is 0 Å². The maximum Gasteiger partial charge on any atom is 0.416 e. The second-order valence-corrected chi connectivity index (χ2v) is 5.98. The van der Waals surface area contributed by atoms with Crippen LogP contribution in [0.1, 0.15) is 23.6 Å². The summed E-state index contributed by atoms with van der Waals surface area (Å²) in [6.45, 7) is 1.81. The maximum absolute atomic E-state index is 12.7. The van der Waals surface area contributed by atoms with Crippen LogP contribution in [0.2, 0.25) is 0 Å². The van der Waals surface area contributed by atoms with E-state index in [1.165, 1.54) is 12.1 Å². The van der Waals surface area contributed by atoms with E-state index >= 15 is 0 Å². The van der Waals surface area contributed by atoms with Crippen molar-refractivity contribution in [2.24, 2.45) is 0 Å². The van der Waals surface area contributed by atoms with Gasteiger partial charge in [0.05, 0.1) is 12.2 Å². The fraction of sp³-hybridized carbons (Fsp3) is 0.263. The third-order valence-electron chi connectivity index (χ3n) is 3.96. The van der Waals surface area contributed by atoms with Crippen LogP contribution in [0.3, 0.4) is 0 Å². The van der Waals surface area contributed by atoms with Crippen LogP contribution in [-0.2, 0) is 28.7 Å². The summed E-state index contributed by atoms with van der Waals surface area (Å²) in [6, 6.07) is 12.3. The predicted octanol–water partition coefficient (Wildman–Crippen LogP) is 3.51. The van der Waals surface area contributed by atoms with Crippen molar-refractivity contribution < 1.29 is 22.7 Å². The Morgan fingerprint density at radius 3 is 2.50 bits per heavy atom. The number of hydrogen-bond acceptors (Lipinski definition) is 5. The Balaban J connectivity index is 1.80. The molecule has 3 rings (SSSR count). The van der Waals surface area contributed by atoms with Crippen molar-refractivity contribution in [1.82, 2.24) is 20.2 Å². The number of ether oxygens (including phenoxy) is 1. The fourth-order valence-corrected chi connectivity index (χ4v) is 2.66. The van der Waals surface area contributed by atoms with Crippen LogP contribution in [-0.4, -0.2) is 32.8 Å². The molecule has 0 aliphatic heterocycles. The highest BCUT2D eigenvalue weighted by Gasteiger charge is 2.29. The van der Waals surface area contributed by atoms with E-state index in [9.17, 15) is 18.0 Å². The molecule has 0 spiro atoms. The lowest BCUT2D eigenvalue weighted by atomic mass is 9.98. The van der Waals surface area contributed by atoms with Gasteiger partial charge in [0.1, 0.15) is 0 Å². The summed E-state index contributed by atoms with van der Waals surface area (Å²) in [5, 5.41) is 12.0. The van der Waals surface area contributed by atoms with Crippen LogP contribution in [0.25, 0.3) is 11.4 Å². The Labute approximate surface area is 158 Å². The molecule has 0 bridgehead atoms. The highest BCUT2D eigenvalue weighted by atomic mass is 19.4. The van der Waals surface area contributed by atoms with Gasteiger partial charge in [-0.1, -0.05) is 36.4 Å². The van der Waals surface area contributed by atoms with E-state index in [2.05, 4.69) is 15.4 Å². The molecule has 1 aromatic heterocycles. The summed E-state index contributed by atoms with van der Waals surface area (Å²) in [7, 11) is 0. The minimum atomic E-state index is -4.36. The molecule has 0 radical (unpaired) electrons. The lowest BCUT2D eigenvalue weighted by Gasteiger charge is -2.09. The SMILES string of the molecule is CCOC(=O)Cn1nnc(-c2ccccc2Cc2ccc(C(F)(F)F)cc2)n1. The minimum absolute atomic E-state index is 0.151. The third kappa shape index (κ3) is 4.73. The highest BCUT2D eigenvalue weighted by Crippen LogP contribution is 2.30. The molecule has 2 aromatic carbocycles. The van der Waals surface area contributed by atoms with Gasteiger partial charge in [-0.3, -0.25) is 0 Å². The smallest absolute Gasteiger partial charge is 0.416 e. The number of tetrazole rings is 1. The van der Waals surface area contributed by atoms with Gasteiger partial charge in [0.2, 0.25) is 5.82 Å². The first-order valence-electron chi connectivity index (χ1n) is 8.54. The largest absolute Gasteiger partial charge is 0.465 e. The number of rotatable bonds is 6. The predicted molar refractivity (Wildman–Crippen MR) is 94.1 cm³/mol. The number of carbonyl (C=O) groups excluding carboxylic acids is 1. The van der Waals surface area contributed by atoms with Crippen molar-refractivity contribution in [1.29, 1.82) is 0 Å². The standard InChI is InChI=1S/C19H17F3N4O2/c1-2-28-17(27)12-26-24-18(23-25-26)16-6-4-3-5-14(16)11-13-7-9-15(10-8-13)19(20,21)22/h3-10H,2,11-12H2,1H3. The van der Waals surface area contributed by atoms with E-state index in [4.69, 9.17) is 4.74 Å². The van der Waals surface area contributed by atoms with E-state index < -0.39 is 17.7 Å². The maximum atomic E-state index is 12.7. The van der Waals surface area contributed by atoms with E-state index in [1.807, 2.05) is 12.1 Å². The van der Waals surface area contributed by atoms with Crippen LogP contribution in [0, 0.1) is 0 Å². The van der Waals surface area contributed by atoms with Gasteiger partial charge in [0.15, 0.2) is 6.54 Å². The van der Waals surface area contributed by atoms with Crippen molar-refractivity contribution in [3.8, 4) is 11.4 Å². The third-order valence-corrected chi connectivity index (χ3v) is 3.96. The summed E-state index contributed by atoms with van der Waals surface area (Å²) >= 11 is 0. The van der Waals surface area contributed by atoms with E-state index in [1.54, 1.807) is 19.1 Å². The van der Waals surface area contributed by atoms with E-state index in [0.29, 0.717) is 17.8 Å². The molecule has 9 heteroatoms. The molecule has 0 saturated carbocycles. The van der Waals surface area contributed by atoms with E-state index in [0.717, 1.165) is 28.1 Å². The molecule has 0 fully saturated rings. The van der Waals surface area contributed by atoms with Gasteiger partial charge in [0, 0.05) is 5.56 Å². The number of alkyl halides is 3. The Bertz CT molecular complexity index is 952. The highest BCUT2D eigenvalue weighted by molar-refractivity contribution is 5.69. The van der Waals surface area contributed by atoms with Crippen molar-refractivity contribution in [2.75, 3.05) is 6.61 Å². The number of carbonyl (C=O) groups is 1. The first-order chi connectivity index (χ1) is 13.4. The molecule has 0 atom stereocenters. The summed E-state index contributed by atoms with van der Waals surface area (Å²) in [5.74, 6) is -0.142. The van der Waals surface area contributed by atoms with Gasteiger partial charge in [-0.25, -0.2) is 4.79 Å². The molecule has 0 aliphatic carbocycles. The van der Waals surface area contributed by atoms with Gasteiger partial charge >= 0.3 is 12.1 Å². The first kappa shape index (κ1) is 19.5. The number of halogens is 3. The quantitative estimate of drug-likeness (QED) is 0.603. The molecule has 0 amide bonds. The van der Waals surface area contributed by atoms with Crippen molar-refractivity contribution in [2.45, 2.75) is 26.1 Å². The average molecular weight is 390 g/mol. The van der Waals surface area contributed by atoms with Crippen molar-refractivity contribution in [3.05, 3.63) is 65.2 Å². The molecule has 0 unspecified atom stereocenters. The molecule has 6 nitrogen and oxygen atoms in total. The van der Waals surface area contributed by atoms with Crippen LogP contribution in [0.4, 0.5) is 13.2 Å². The number of aromatic nitrogens is 4. The van der Waals surface area contributed by atoms with Crippen LogP contribution >= 0.6 is 0 Å². The molecule has 0 aliphatic rings. The molecular formula is C19H17F3N4O2. The van der Waals surface area contributed by atoms with Crippen molar-refractivity contribution >= 4 is 5.97 Å². The van der Waals surface area contributed by atoms with Crippen LogP contribution in [0.15, 0.2) is 48.5 Å². The summed E-state index contributed by atoms with van der Waals surface area (Å²) in [5.41, 5.74) is 1.56. The van der Waals surface area contributed by atoms with Gasteiger partial charge in [-0.05, 0) is 41.8 Å². The van der Waals surface area contributed by atoms with Gasteiger partial charge < -0.3 is 4.74 Å². The Morgan fingerprint density at radius 1 is 1.11 bits per heavy atom. The normalized spacial score (nSPS) is 11.4. The average Bonchev–Trinajstić information content (AvgIpc) is 3.10. The molecule has 146 valence electrons. The lowest BCUT2D eigenvalue weighted by Crippen LogP contribution is -2.15. The molecule has 1 heterocycles. The number of esters is 1. The fourth-order valence-electron chi connectivity index (χ4n) is 2.66. The zero-order valence-corrected chi connectivity index (χ0v) is 15.0. The van der Waals surface area contributed by atoms with E-state index in [-0.39, 0.29) is 13.2 Å². The van der Waals surface area contributed by atoms with Crippen molar-refractivity contribution in [3.63, 3.8) is 0 Å². The minimum Gasteiger partial charge on any atom is -0.465 e. The molecule has 3 aromatic rings. The lowest BCUT2D eigenvalue weighted by molar-refractivity contribution is -0.144. The monoisotopic (exact) mass is 390 g/mol.